The summed E-state index contributed by atoms with van der Waals surface area (Å²) >= 11 is 0. The van der Waals surface area contributed by atoms with Crippen molar-refractivity contribution < 1.29 is 33.8 Å². The number of hydrogen-bond donors (Lipinski definition) is 3. The Kier molecular flexibility index (Phi) is 9.19. The smallest absolute Gasteiger partial charge is 0.328 e. The summed E-state index contributed by atoms with van der Waals surface area (Å²) in [7, 11) is 2.24. The SMILES string of the molecule is CN1C2CCCC1CC(NC(=O)c1cccc3oc(-c4ccccc4N4CCOCC4)nc13)C2.O=C(O)/C=C\C(=O)O. The third-order valence-corrected chi connectivity index (χ3v) is 8.19. The predicted molar refractivity (Wildman–Crippen MR) is 157 cm³/mol. The monoisotopic (exact) mass is 576 g/mol. The van der Waals surface area contributed by atoms with Crippen molar-refractivity contribution in [3.8, 4) is 11.5 Å². The van der Waals surface area contributed by atoms with Crippen LogP contribution in [-0.2, 0) is 14.3 Å². The summed E-state index contributed by atoms with van der Waals surface area (Å²) in [6.07, 6.45) is 6.91. The van der Waals surface area contributed by atoms with Crippen LogP contribution in [0.5, 0.6) is 0 Å². The lowest BCUT2D eigenvalue weighted by atomic mass is 9.82. The van der Waals surface area contributed by atoms with E-state index >= 15 is 0 Å². The Bertz CT molecular complexity index is 1430. The zero-order valence-corrected chi connectivity index (χ0v) is 23.6. The van der Waals surface area contributed by atoms with Crippen LogP contribution in [-0.4, -0.2) is 89.4 Å². The maximum absolute atomic E-state index is 13.4. The number of aromatic nitrogens is 1. The quantitative estimate of drug-likeness (QED) is 0.371. The van der Waals surface area contributed by atoms with Crippen molar-refractivity contribution in [3.05, 3.63) is 60.2 Å². The Morgan fingerprint density at radius 2 is 1.62 bits per heavy atom. The first kappa shape index (κ1) is 29.3. The topological polar surface area (TPSA) is 145 Å². The number of carbonyl (C=O) groups excluding carboxylic acids is 1. The van der Waals surface area contributed by atoms with Crippen LogP contribution in [0.4, 0.5) is 5.69 Å². The molecule has 222 valence electrons. The van der Waals surface area contributed by atoms with Crippen molar-refractivity contribution in [3.63, 3.8) is 0 Å². The number of rotatable bonds is 6. The van der Waals surface area contributed by atoms with Gasteiger partial charge in [0.15, 0.2) is 5.58 Å². The van der Waals surface area contributed by atoms with Crippen LogP contribution in [0.15, 0.2) is 59.0 Å². The fourth-order valence-corrected chi connectivity index (χ4v) is 6.12. The zero-order chi connectivity index (χ0) is 29.6. The molecule has 1 amide bonds. The second kappa shape index (κ2) is 13.2. The van der Waals surface area contributed by atoms with Crippen LogP contribution in [0.3, 0.4) is 0 Å². The maximum atomic E-state index is 13.4. The fraction of sp³-hybridized carbons (Fsp3) is 0.419. The van der Waals surface area contributed by atoms with Gasteiger partial charge in [-0.15, -0.1) is 0 Å². The van der Waals surface area contributed by atoms with Crippen molar-refractivity contribution in [2.24, 2.45) is 0 Å². The molecule has 1 aromatic heterocycles. The van der Waals surface area contributed by atoms with Gasteiger partial charge in [-0.25, -0.2) is 14.6 Å². The van der Waals surface area contributed by atoms with Gasteiger partial charge in [-0.05, 0) is 57.0 Å². The summed E-state index contributed by atoms with van der Waals surface area (Å²) in [5.41, 5.74) is 3.87. The standard InChI is InChI=1S/C27H32N4O3.C4H4O4/c1-30-19-6-4-7-20(30)17-18(16-19)28-26(32)22-9-5-11-24-25(22)29-27(34-24)21-8-2-3-10-23(21)31-12-14-33-15-13-31;5-3(6)1-2-4(7)8/h2-3,5,8-11,18-20H,4,6-7,12-17H2,1H3,(H,28,32);1-2H,(H,5,6)(H,7,8)/b;2-1-. The number of carbonyl (C=O) groups is 3. The summed E-state index contributed by atoms with van der Waals surface area (Å²) in [6, 6.07) is 15.1. The van der Waals surface area contributed by atoms with Gasteiger partial charge in [0.1, 0.15) is 5.52 Å². The number of oxazole rings is 1. The van der Waals surface area contributed by atoms with Crippen LogP contribution in [0, 0.1) is 0 Å². The normalized spacial score (nSPS) is 22.4. The molecule has 0 spiro atoms. The van der Waals surface area contributed by atoms with E-state index in [2.05, 4.69) is 28.2 Å². The fourth-order valence-electron chi connectivity index (χ4n) is 6.12. The van der Waals surface area contributed by atoms with Gasteiger partial charge in [0.2, 0.25) is 5.89 Å². The molecule has 11 heteroatoms. The lowest BCUT2D eigenvalue weighted by Gasteiger charge is -2.47. The first-order valence-electron chi connectivity index (χ1n) is 14.3. The van der Waals surface area contributed by atoms with E-state index in [9.17, 15) is 14.4 Å². The molecule has 11 nitrogen and oxygen atoms in total. The van der Waals surface area contributed by atoms with Crippen molar-refractivity contribution in [1.82, 2.24) is 15.2 Å². The van der Waals surface area contributed by atoms with E-state index < -0.39 is 11.9 Å². The second-order valence-electron chi connectivity index (χ2n) is 10.8. The number of fused-ring (bicyclic) bond motifs is 3. The van der Waals surface area contributed by atoms with E-state index in [1.165, 1.54) is 19.3 Å². The molecule has 3 N–H and O–H groups in total. The molecule has 6 rings (SSSR count). The third kappa shape index (κ3) is 6.80. The van der Waals surface area contributed by atoms with Crippen molar-refractivity contribution in [1.29, 1.82) is 0 Å². The molecule has 3 fully saturated rings. The van der Waals surface area contributed by atoms with Gasteiger partial charge in [0.25, 0.3) is 5.91 Å². The van der Waals surface area contributed by atoms with E-state index in [0.29, 0.717) is 60.0 Å². The Morgan fingerprint density at radius 3 is 2.29 bits per heavy atom. The predicted octanol–water partition coefficient (Wildman–Crippen LogP) is 3.79. The number of nitrogens with zero attached hydrogens (tertiary/aromatic N) is 3. The molecule has 2 unspecified atom stereocenters. The van der Waals surface area contributed by atoms with Crippen molar-refractivity contribution >= 4 is 34.6 Å². The van der Waals surface area contributed by atoms with Gasteiger partial charge in [-0.1, -0.05) is 24.6 Å². The number of ether oxygens (including phenoxy) is 1. The molecule has 3 aliphatic heterocycles. The number of anilines is 1. The molecule has 0 saturated carbocycles. The molecule has 3 aromatic rings. The van der Waals surface area contributed by atoms with Crippen LogP contribution in [0.1, 0.15) is 42.5 Å². The first-order valence-corrected chi connectivity index (χ1v) is 14.3. The summed E-state index contributed by atoms with van der Waals surface area (Å²) in [4.78, 5) is 42.1. The molecule has 2 atom stereocenters. The van der Waals surface area contributed by atoms with E-state index in [0.717, 1.165) is 37.2 Å². The maximum Gasteiger partial charge on any atom is 0.328 e. The van der Waals surface area contributed by atoms with Crippen LogP contribution >= 0.6 is 0 Å². The lowest BCUT2D eigenvalue weighted by Crippen LogP contribution is -2.55. The highest BCUT2D eigenvalue weighted by atomic mass is 16.5. The van der Waals surface area contributed by atoms with Gasteiger partial charge in [0.05, 0.1) is 24.3 Å². The van der Waals surface area contributed by atoms with E-state index in [4.69, 9.17) is 24.4 Å². The Balaban J connectivity index is 0.000000390. The number of nitrogens with one attached hydrogen (secondary N) is 1. The minimum Gasteiger partial charge on any atom is -0.478 e. The number of morpholine rings is 1. The van der Waals surface area contributed by atoms with Gasteiger partial charge in [-0.2, -0.15) is 0 Å². The van der Waals surface area contributed by atoms with E-state index in [-0.39, 0.29) is 11.9 Å². The molecule has 0 radical (unpaired) electrons. The highest BCUT2D eigenvalue weighted by Crippen LogP contribution is 2.35. The highest BCUT2D eigenvalue weighted by molar-refractivity contribution is 6.05. The number of aliphatic carboxylic acids is 2. The van der Waals surface area contributed by atoms with E-state index in [1.54, 1.807) is 0 Å². The summed E-state index contributed by atoms with van der Waals surface area (Å²) in [6.45, 7) is 3.10. The molecule has 3 saturated heterocycles. The minimum atomic E-state index is -1.26. The number of para-hydroxylation sites is 2. The number of amides is 1. The average molecular weight is 577 g/mol. The van der Waals surface area contributed by atoms with Crippen LogP contribution in [0.2, 0.25) is 0 Å². The van der Waals surface area contributed by atoms with E-state index in [1.807, 2.05) is 36.4 Å². The van der Waals surface area contributed by atoms with Gasteiger partial charge in [0, 0.05) is 49.1 Å². The molecule has 3 aliphatic rings. The second-order valence-corrected chi connectivity index (χ2v) is 10.8. The molecular formula is C31H36N4O7. The highest BCUT2D eigenvalue weighted by Gasteiger charge is 2.36. The Labute approximate surface area is 243 Å². The lowest BCUT2D eigenvalue weighted by molar-refractivity contribution is -0.134. The van der Waals surface area contributed by atoms with Crippen LogP contribution in [0.25, 0.3) is 22.6 Å². The summed E-state index contributed by atoms with van der Waals surface area (Å²) in [5, 5.41) is 18.9. The molecule has 42 heavy (non-hydrogen) atoms. The van der Waals surface area contributed by atoms with Gasteiger partial charge >= 0.3 is 11.9 Å². The summed E-state index contributed by atoms with van der Waals surface area (Å²) < 4.78 is 11.7. The third-order valence-electron chi connectivity index (χ3n) is 8.19. The number of carboxylic acids is 2. The average Bonchev–Trinajstić information content (AvgIpc) is 3.42. The number of benzene rings is 2. The number of piperidine rings is 2. The molecule has 4 heterocycles. The molecule has 2 aromatic carbocycles. The molecule has 0 aliphatic carbocycles. The molecule has 2 bridgehead atoms. The Morgan fingerprint density at radius 1 is 0.952 bits per heavy atom. The van der Waals surface area contributed by atoms with Crippen molar-refractivity contribution in [2.45, 2.75) is 50.2 Å². The zero-order valence-electron chi connectivity index (χ0n) is 23.6. The summed E-state index contributed by atoms with van der Waals surface area (Å²) in [5.74, 6) is -2.02. The number of hydrogen-bond acceptors (Lipinski definition) is 8. The Hall–Kier alpha value is -4.22. The first-order chi connectivity index (χ1) is 20.3. The van der Waals surface area contributed by atoms with Crippen LogP contribution < -0.4 is 10.2 Å². The van der Waals surface area contributed by atoms with Crippen molar-refractivity contribution in [2.75, 3.05) is 38.3 Å². The minimum absolute atomic E-state index is 0.0560. The molecular weight excluding hydrogens is 540 g/mol. The van der Waals surface area contributed by atoms with Gasteiger partial charge in [-0.3, -0.25) is 4.79 Å². The number of carboxylic acid groups (broad SMARTS) is 2. The largest absolute Gasteiger partial charge is 0.478 e. The van der Waals surface area contributed by atoms with Gasteiger partial charge < -0.3 is 34.5 Å².